The number of fused-ring (bicyclic) bond motifs is 1. The van der Waals surface area contributed by atoms with Gasteiger partial charge in [-0.1, -0.05) is 44.2 Å². The molecule has 1 aromatic heterocycles. The zero-order chi connectivity index (χ0) is 24.6. The highest BCUT2D eigenvalue weighted by atomic mass is 16.5. The van der Waals surface area contributed by atoms with Crippen LogP contribution in [0.3, 0.4) is 0 Å². The van der Waals surface area contributed by atoms with Crippen LogP contribution in [0.1, 0.15) is 54.4 Å². The number of benzene rings is 3. The Hall–Kier alpha value is -3.80. The van der Waals surface area contributed by atoms with Crippen LogP contribution in [0.4, 0.5) is 0 Å². The fourth-order valence-corrected chi connectivity index (χ4v) is 4.05. The number of hydrogen-bond acceptors (Lipinski definition) is 4. The summed E-state index contributed by atoms with van der Waals surface area (Å²) in [5.74, 6) is 2.77. The maximum absolute atomic E-state index is 12.7. The van der Waals surface area contributed by atoms with Gasteiger partial charge in [0.25, 0.3) is 5.91 Å². The quantitative estimate of drug-likeness (QED) is 0.274. The molecular formula is C29H33N3O3. The highest BCUT2D eigenvalue weighted by molar-refractivity contribution is 5.94. The van der Waals surface area contributed by atoms with E-state index in [1.807, 2.05) is 42.5 Å². The van der Waals surface area contributed by atoms with Crippen LogP contribution < -0.4 is 14.8 Å². The Balaban J connectivity index is 1.35. The van der Waals surface area contributed by atoms with E-state index >= 15 is 0 Å². The largest absolute Gasteiger partial charge is 0.497 e. The molecule has 0 atom stereocenters. The van der Waals surface area contributed by atoms with Crippen LogP contribution in [0.5, 0.6) is 11.5 Å². The molecule has 0 aliphatic rings. The molecule has 6 heteroatoms. The number of ether oxygens (including phenoxy) is 2. The molecule has 1 N–H and O–H groups in total. The smallest absolute Gasteiger partial charge is 0.251 e. The van der Waals surface area contributed by atoms with E-state index in [-0.39, 0.29) is 5.91 Å². The van der Waals surface area contributed by atoms with E-state index in [1.54, 1.807) is 19.2 Å². The topological polar surface area (TPSA) is 65.4 Å². The van der Waals surface area contributed by atoms with Crippen LogP contribution in [0.15, 0.2) is 72.8 Å². The maximum atomic E-state index is 12.7. The van der Waals surface area contributed by atoms with Crippen LogP contribution in [-0.2, 0) is 13.1 Å². The van der Waals surface area contributed by atoms with Gasteiger partial charge in [0.2, 0.25) is 0 Å². The molecule has 0 bridgehead atoms. The Labute approximate surface area is 206 Å². The predicted octanol–water partition coefficient (Wildman–Crippen LogP) is 5.96. The first-order valence-corrected chi connectivity index (χ1v) is 12.1. The number of imidazole rings is 1. The maximum Gasteiger partial charge on any atom is 0.251 e. The summed E-state index contributed by atoms with van der Waals surface area (Å²) < 4.78 is 13.4. The molecular weight excluding hydrogens is 438 g/mol. The van der Waals surface area contributed by atoms with Gasteiger partial charge in [-0.25, -0.2) is 4.98 Å². The third-order valence-corrected chi connectivity index (χ3v) is 6.06. The number of methoxy groups -OCH3 is 1. The number of nitrogens with zero attached hydrogens (tertiary/aromatic N) is 2. The van der Waals surface area contributed by atoms with E-state index in [9.17, 15) is 4.79 Å². The van der Waals surface area contributed by atoms with Crippen LogP contribution in [0, 0.1) is 0 Å². The summed E-state index contributed by atoms with van der Waals surface area (Å²) in [5, 5.41) is 3.00. The van der Waals surface area contributed by atoms with Crippen LogP contribution in [-0.4, -0.2) is 29.2 Å². The standard InChI is InChI=1S/C29H33N3O3/c1-21(2)22-13-15-24(16-14-22)35-18-7-6-17-32-27-12-5-4-11-26(27)31-28(32)20-30-29(33)23-9-8-10-25(19-23)34-3/h4-5,8-16,19,21H,6-7,17-18,20H2,1-3H3,(H,30,33). The second kappa shape index (κ2) is 11.6. The fourth-order valence-electron chi connectivity index (χ4n) is 4.05. The fraction of sp³-hybridized carbons (Fsp3) is 0.310. The van der Waals surface area contributed by atoms with Crippen LogP contribution >= 0.6 is 0 Å². The molecule has 0 radical (unpaired) electrons. The summed E-state index contributed by atoms with van der Waals surface area (Å²) in [6.07, 6.45) is 1.87. The predicted molar refractivity (Wildman–Crippen MR) is 139 cm³/mol. The van der Waals surface area contributed by atoms with Crippen LogP contribution in [0.2, 0.25) is 0 Å². The highest BCUT2D eigenvalue weighted by Crippen LogP contribution is 2.20. The lowest BCUT2D eigenvalue weighted by atomic mass is 10.0. The van der Waals surface area contributed by atoms with Gasteiger partial charge in [-0.3, -0.25) is 4.79 Å². The van der Waals surface area contributed by atoms with Gasteiger partial charge in [-0.05, 0) is 66.8 Å². The third kappa shape index (κ3) is 6.21. The molecule has 182 valence electrons. The first kappa shape index (κ1) is 24.3. The summed E-state index contributed by atoms with van der Waals surface area (Å²) in [5.41, 5.74) is 3.88. The number of nitrogens with one attached hydrogen (secondary N) is 1. The summed E-state index contributed by atoms with van der Waals surface area (Å²) >= 11 is 0. The number of para-hydroxylation sites is 2. The van der Waals surface area contributed by atoms with Crippen molar-refractivity contribution in [2.75, 3.05) is 13.7 Å². The van der Waals surface area contributed by atoms with Crippen molar-refractivity contribution in [3.8, 4) is 11.5 Å². The molecule has 0 fully saturated rings. The molecule has 0 aliphatic carbocycles. The molecule has 1 amide bonds. The van der Waals surface area contributed by atoms with Crippen molar-refractivity contribution in [3.63, 3.8) is 0 Å². The lowest BCUT2D eigenvalue weighted by molar-refractivity contribution is 0.0949. The SMILES string of the molecule is COc1cccc(C(=O)NCc2nc3ccccc3n2CCCCOc2ccc(C(C)C)cc2)c1. The summed E-state index contributed by atoms with van der Waals surface area (Å²) in [6, 6.07) is 23.6. The zero-order valence-corrected chi connectivity index (χ0v) is 20.7. The molecule has 35 heavy (non-hydrogen) atoms. The molecule has 4 rings (SSSR count). The number of carbonyl (C=O) groups excluding carboxylic acids is 1. The second-order valence-corrected chi connectivity index (χ2v) is 8.86. The van der Waals surface area contributed by atoms with E-state index in [1.165, 1.54) is 5.56 Å². The Morgan fingerprint density at radius 3 is 2.54 bits per heavy atom. The monoisotopic (exact) mass is 471 g/mol. The molecule has 0 unspecified atom stereocenters. The Morgan fingerprint density at radius 1 is 0.971 bits per heavy atom. The van der Waals surface area contributed by atoms with Crippen molar-refractivity contribution < 1.29 is 14.3 Å². The normalized spacial score (nSPS) is 11.1. The van der Waals surface area contributed by atoms with Crippen molar-refractivity contribution in [2.45, 2.75) is 45.7 Å². The van der Waals surface area contributed by atoms with E-state index < -0.39 is 0 Å². The van der Waals surface area contributed by atoms with Gasteiger partial charge in [0.15, 0.2) is 0 Å². The van der Waals surface area contributed by atoms with E-state index in [0.717, 1.165) is 42.0 Å². The molecule has 0 saturated carbocycles. The Kier molecular flexibility index (Phi) is 8.03. The number of unbranched alkanes of at least 4 members (excludes halogenated alkanes) is 1. The van der Waals surface area contributed by atoms with Crippen molar-refractivity contribution in [1.29, 1.82) is 0 Å². The van der Waals surface area contributed by atoms with Crippen molar-refractivity contribution in [3.05, 3.63) is 89.7 Å². The molecule has 1 heterocycles. The minimum atomic E-state index is -0.153. The van der Waals surface area contributed by atoms with Gasteiger partial charge < -0.3 is 19.4 Å². The second-order valence-electron chi connectivity index (χ2n) is 8.86. The number of rotatable bonds is 11. The average Bonchev–Trinajstić information content (AvgIpc) is 3.24. The molecule has 6 nitrogen and oxygen atoms in total. The van der Waals surface area contributed by atoms with Crippen molar-refractivity contribution in [2.24, 2.45) is 0 Å². The number of hydrogen-bond donors (Lipinski definition) is 1. The van der Waals surface area contributed by atoms with E-state index in [4.69, 9.17) is 14.5 Å². The number of aryl methyl sites for hydroxylation is 1. The minimum absolute atomic E-state index is 0.153. The van der Waals surface area contributed by atoms with Gasteiger partial charge >= 0.3 is 0 Å². The number of aromatic nitrogens is 2. The van der Waals surface area contributed by atoms with Gasteiger partial charge in [0.1, 0.15) is 17.3 Å². The first-order chi connectivity index (χ1) is 17.0. The molecule has 0 saturated heterocycles. The number of amides is 1. The van der Waals surface area contributed by atoms with Gasteiger partial charge in [-0.2, -0.15) is 0 Å². The van der Waals surface area contributed by atoms with Gasteiger partial charge in [0.05, 0.1) is 31.3 Å². The van der Waals surface area contributed by atoms with Crippen molar-refractivity contribution in [1.82, 2.24) is 14.9 Å². The van der Waals surface area contributed by atoms with Gasteiger partial charge in [-0.15, -0.1) is 0 Å². The Morgan fingerprint density at radius 2 is 1.77 bits per heavy atom. The van der Waals surface area contributed by atoms with Crippen molar-refractivity contribution >= 4 is 16.9 Å². The average molecular weight is 472 g/mol. The summed E-state index contributed by atoms with van der Waals surface area (Å²) in [6.45, 7) is 6.20. The summed E-state index contributed by atoms with van der Waals surface area (Å²) in [7, 11) is 1.59. The molecule has 3 aromatic carbocycles. The van der Waals surface area contributed by atoms with Crippen LogP contribution in [0.25, 0.3) is 11.0 Å². The first-order valence-electron chi connectivity index (χ1n) is 12.1. The molecule has 0 spiro atoms. The highest BCUT2D eigenvalue weighted by Gasteiger charge is 2.13. The van der Waals surface area contributed by atoms with E-state index in [2.05, 4.69) is 41.9 Å². The molecule has 4 aromatic rings. The Bertz CT molecular complexity index is 1260. The molecule has 0 aliphatic heterocycles. The zero-order valence-electron chi connectivity index (χ0n) is 20.7. The van der Waals surface area contributed by atoms with E-state index in [0.29, 0.717) is 30.4 Å². The lowest BCUT2D eigenvalue weighted by Gasteiger charge is -2.12. The summed E-state index contributed by atoms with van der Waals surface area (Å²) in [4.78, 5) is 17.5. The minimum Gasteiger partial charge on any atom is -0.497 e. The van der Waals surface area contributed by atoms with Gasteiger partial charge in [0, 0.05) is 12.1 Å². The lowest BCUT2D eigenvalue weighted by Crippen LogP contribution is -2.24. The number of carbonyl (C=O) groups is 1. The third-order valence-electron chi connectivity index (χ3n) is 6.06.